The molecule has 0 radical (unpaired) electrons. The van der Waals surface area contributed by atoms with Gasteiger partial charge in [-0.3, -0.25) is 0 Å². The van der Waals surface area contributed by atoms with Crippen LogP contribution in [0.15, 0.2) is 0 Å². The van der Waals surface area contributed by atoms with Crippen molar-refractivity contribution in [1.82, 2.24) is 10.2 Å². The van der Waals surface area contributed by atoms with Crippen molar-refractivity contribution in [3.05, 3.63) is 0 Å². The number of carbonyl (C=O) groups is 1. The Bertz CT molecular complexity index is 358. The van der Waals surface area contributed by atoms with E-state index in [1.165, 1.54) is 0 Å². The molecule has 0 aromatic heterocycles. The Kier molecular flexibility index (Phi) is 7.81. The van der Waals surface area contributed by atoms with Crippen molar-refractivity contribution < 1.29 is 9.53 Å². The Balaban J connectivity index is 4.60. The quantitative estimate of drug-likeness (QED) is 0.764. The predicted octanol–water partition coefficient (Wildman–Crippen LogP) is 3.41. The van der Waals surface area contributed by atoms with Gasteiger partial charge >= 0.3 is 6.09 Å². The second-order valence-electron chi connectivity index (χ2n) is 7.26. The topological polar surface area (TPSA) is 41.6 Å². The van der Waals surface area contributed by atoms with Gasteiger partial charge in [-0.25, -0.2) is 4.79 Å². The molecule has 0 spiro atoms. The molecule has 0 saturated heterocycles. The van der Waals surface area contributed by atoms with Crippen LogP contribution in [0.5, 0.6) is 0 Å². The third kappa shape index (κ3) is 8.62. The van der Waals surface area contributed by atoms with Crippen LogP contribution in [0.1, 0.15) is 61.3 Å². The van der Waals surface area contributed by atoms with Gasteiger partial charge < -0.3 is 15.0 Å². The number of ether oxygens (including phenoxy) is 1. The second kappa shape index (κ2) is 8.29. The lowest BCUT2D eigenvalue weighted by molar-refractivity contribution is 0.00655. The molecule has 1 unspecified atom stereocenters. The van der Waals surface area contributed by atoms with Crippen LogP contribution in [0.4, 0.5) is 4.79 Å². The van der Waals surface area contributed by atoms with Crippen molar-refractivity contribution in [1.29, 1.82) is 0 Å². The summed E-state index contributed by atoms with van der Waals surface area (Å²) in [6.07, 6.45) is 7.18. The average molecular weight is 296 g/mol. The monoisotopic (exact) mass is 296 g/mol. The van der Waals surface area contributed by atoms with E-state index in [2.05, 4.69) is 18.2 Å². The van der Waals surface area contributed by atoms with Crippen LogP contribution in [0.2, 0.25) is 0 Å². The molecule has 0 aromatic rings. The van der Waals surface area contributed by atoms with E-state index in [4.69, 9.17) is 11.2 Å². The van der Waals surface area contributed by atoms with E-state index in [9.17, 15) is 4.79 Å². The Labute approximate surface area is 130 Å². The fourth-order valence-electron chi connectivity index (χ4n) is 1.90. The van der Waals surface area contributed by atoms with E-state index in [-0.39, 0.29) is 17.7 Å². The van der Waals surface area contributed by atoms with Crippen molar-refractivity contribution in [2.75, 3.05) is 13.1 Å². The van der Waals surface area contributed by atoms with E-state index < -0.39 is 5.60 Å². The minimum Gasteiger partial charge on any atom is -0.444 e. The molecule has 4 heteroatoms. The molecule has 0 saturated carbocycles. The Morgan fingerprint density at radius 2 is 1.86 bits per heavy atom. The maximum Gasteiger partial charge on any atom is 0.410 e. The first kappa shape index (κ1) is 19.8. The van der Waals surface area contributed by atoms with Crippen LogP contribution in [0.25, 0.3) is 0 Å². The van der Waals surface area contributed by atoms with E-state index >= 15 is 0 Å². The number of hydrogen-bond acceptors (Lipinski definition) is 3. The number of hydrogen-bond donors (Lipinski definition) is 1. The molecule has 122 valence electrons. The molecule has 4 nitrogen and oxygen atoms in total. The molecule has 0 fully saturated rings. The second-order valence-corrected chi connectivity index (χ2v) is 7.26. The Hall–Kier alpha value is -1.21. The Morgan fingerprint density at radius 3 is 2.24 bits per heavy atom. The summed E-state index contributed by atoms with van der Waals surface area (Å²) >= 11 is 0. The summed E-state index contributed by atoms with van der Waals surface area (Å²) < 4.78 is 5.48. The summed E-state index contributed by atoms with van der Waals surface area (Å²) in [5.41, 5.74) is -0.780. The Morgan fingerprint density at radius 1 is 1.29 bits per heavy atom. The van der Waals surface area contributed by atoms with Gasteiger partial charge in [0.1, 0.15) is 5.60 Å². The summed E-state index contributed by atoms with van der Waals surface area (Å²) in [6, 6.07) is 0.0652. The lowest BCUT2D eigenvalue weighted by Gasteiger charge is -2.37. The molecule has 0 aliphatic rings. The van der Waals surface area contributed by atoms with Gasteiger partial charge in [-0.05, 0) is 48.0 Å². The van der Waals surface area contributed by atoms with Crippen LogP contribution in [0, 0.1) is 12.3 Å². The number of amides is 1. The third-order valence-corrected chi connectivity index (χ3v) is 2.93. The molecule has 1 amide bonds. The normalized spacial score (nSPS) is 13.4. The first-order valence-electron chi connectivity index (χ1n) is 7.71. The van der Waals surface area contributed by atoms with Gasteiger partial charge in [-0.2, -0.15) is 0 Å². The lowest BCUT2D eigenvalue weighted by Crippen LogP contribution is -2.50. The van der Waals surface area contributed by atoms with E-state index in [0.29, 0.717) is 13.1 Å². The standard InChI is InChI=1S/C17H32N2O2/c1-9-11-14(10-2)18-12-13-19(16(3,4)5)15(20)21-17(6,7)8/h2,14,18H,9,11-13H2,1,3-8H3. The molecule has 0 aromatic carbocycles. The molecular weight excluding hydrogens is 264 g/mol. The number of nitrogens with one attached hydrogen (secondary N) is 1. The van der Waals surface area contributed by atoms with Gasteiger partial charge in [-0.15, -0.1) is 6.42 Å². The smallest absolute Gasteiger partial charge is 0.410 e. The molecule has 0 rings (SSSR count). The van der Waals surface area contributed by atoms with Gasteiger partial charge in [0.15, 0.2) is 0 Å². The molecule has 21 heavy (non-hydrogen) atoms. The molecule has 0 aliphatic heterocycles. The van der Waals surface area contributed by atoms with E-state index in [0.717, 1.165) is 12.8 Å². The zero-order chi connectivity index (χ0) is 16.7. The molecule has 1 N–H and O–H groups in total. The zero-order valence-electron chi connectivity index (χ0n) is 14.7. The van der Waals surface area contributed by atoms with Crippen molar-refractivity contribution in [2.24, 2.45) is 0 Å². The maximum atomic E-state index is 12.3. The predicted molar refractivity (Wildman–Crippen MR) is 88.2 cm³/mol. The highest BCUT2D eigenvalue weighted by atomic mass is 16.6. The van der Waals surface area contributed by atoms with Crippen LogP contribution in [-0.4, -0.2) is 41.3 Å². The number of terminal acetylenes is 1. The van der Waals surface area contributed by atoms with E-state index in [1.54, 1.807) is 4.90 Å². The number of carbonyl (C=O) groups excluding carboxylic acids is 1. The highest BCUT2D eigenvalue weighted by Crippen LogP contribution is 2.18. The van der Waals surface area contributed by atoms with Crippen LogP contribution in [0.3, 0.4) is 0 Å². The van der Waals surface area contributed by atoms with Crippen LogP contribution < -0.4 is 5.32 Å². The van der Waals surface area contributed by atoms with Crippen molar-refractivity contribution >= 4 is 6.09 Å². The minimum atomic E-state index is -0.489. The van der Waals surface area contributed by atoms with Crippen LogP contribution in [-0.2, 0) is 4.74 Å². The fraction of sp³-hybridized carbons (Fsp3) is 0.824. The van der Waals surface area contributed by atoms with E-state index in [1.807, 2.05) is 41.5 Å². The first-order chi connectivity index (χ1) is 9.51. The molecule has 0 heterocycles. The van der Waals surface area contributed by atoms with Gasteiger partial charge in [0.25, 0.3) is 0 Å². The number of rotatable bonds is 6. The van der Waals surface area contributed by atoms with Gasteiger partial charge in [0.05, 0.1) is 6.04 Å². The first-order valence-corrected chi connectivity index (χ1v) is 7.71. The van der Waals surface area contributed by atoms with Gasteiger partial charge in [0.2, 0.25) is 0 Å². The van der Waals surface area contributed by atoms with Gasteiger partial charge in [0, 0.05) is 18.6 Å². The molecule has 1 atom stereocenters. The number of nitrogens with zero attached hydrogens (tertiary/aromatic N) is 1. The SMILES string of the molecule is C#CC(CCC)NCCN(C(=O)OC(C)(C)C)C(C)(C)C. The fourth-order valence-corrected chi connectivity index (χ4v) is 1.90. The van der Waals surface area contributed by atoms with Crippen molar-refractivity contribution in [3.8, 4) is 12.3 Å². The van der Waals surface area contributed by atoms with Crippen molar-refractivity contribution in [3.63, 3.8) is 0 Å². The summed E-state index contributed by atoms with van der Waals surface area (Å²) in [7, 11) is 0. The highest BCUT2D eigenvalue weighted by molar-refractivity contribution is 5.69. The van der Waals surface area contributed by atoms with Crippen molar-refractivity contribution in [2.45, 2.75) is 78.5 Å². The average Bonchev–Trinajstić information content (AvgIpc) is 2.28. The highest BCUT2D eigenvalue weighted by Gasteiger charge is 2.30. The molecular formula is C17H32N2O2. The molecule has 0 aliphatic carbocycles. The molecule has 0 bridgehead atoms. The summed E-state index contributed by atoms with van der Waals surface area (Å²) in [6.45, 7) is 15.0. The lowest BCUT2D eigenvalue weighted by atomic mass is 10.1. The summed E-state index contributed by atoms with van der Waals surface area (Å²) in [5.74, 6) is 2.74. The third-order valence-electron chi connectivity index (χ3n) is 2.93. The summed E-state index contributed by atoms with van der Waals surface area (Å²) in [4.78, 5) is 14.1. The van der Waals surface area contributed by atoms with Crippen LogP contribution >= 0.6 is 0 Å². The van der Waals surface area contributed by atoms with Gasteiger partial charge in [-0.1, -0.05) is 19.3 Å². The zero-order valence-corrected chi connectivity index (χ0v) is 14.7. The minimum absolute atomic E-state index is 0.0652. The maximum absolute atomic E-state index is 12.3. The summed E-state index contributed by atoms with van der Waals surface area (Å²) in [5, 5.41) is 3.31. The largest absolute Gasteiger partial charge is 0.444 e.